The van der Waals surface area contributed by atoms with E-state index in [1.165, 1.54) is 4.90 Å². The van der Waals surface area contributed by atoms with Crippen LogP contribution in [-0.4, -0.2) is 47.2 Å². The lowest BCUT2D eigenvalue weighted by Gasteiger charge is -2.24. The minimum absolute atomic E-state index is 0.0479. The number of nitrogens with zero attached hydrogens (tertiary/aromatic N) is 2. The molecule has 0 N–H and O–H groups in total. The van der Waals surface area contributed by atoms with Gasteiger partial charge in [-0.15, -0.1) is 0 Å². The Morgan fingerprint density at radius 3 is 2.04 bits per heavy atom. The SMILES string of the molecule is CCCCN(CCCC)C(=O)CCN1C(=O)[C@@H]2[C@@H](C1=O)[C@H]1C=C[C@@H]2C1. The van der Waals surface area contributed by atoms with Gasteiger partial charge in [0, 0.05) is 26.1 Å². The summed E-state index contributed by atoms with van der Waals surface area (Å²) in [6.45, 7) is 6.03. The van der Waals surface area contributed by atoms with Crippen LogP contribution < -0.4 is 0 Å². The third kappa shape index (κ3) is 3.38. The van der Waals surface area contributed by atoms with Gasteiger partial charge < -0.3 is 4.90 Å². The fourth-order valence-corrected chi connectivity index (χ4v) is 4.61. The highest BCUT2D eigenvalue weighted by Gasteiger charge is 2.59. The number of rotatable bonds is 9. The molecule has 138 valence electrons. The maximum Gasteiger partial charge on any atom is 0.233 e. The summed E-state index contributed by atoms with van der Waals surface area (Å²) in [5, 5.41) is 0. The average molecular weight is 346 g/mol. The summed E-state index contributed by atoms with van der Waals surface area (Å²) in [7, 11) is 0. The van der Waals surface area contributed by atoms with E-state index < -0.39 is 0 Å². The molecule has 0 unspecified atom stereocenters. The maximum absolute atomic E-state index is 12.7. The molecule has 0 aromatic heterocycles. The van der Waals surface area contributed by atoms with Crippen LogP contribution in [0, 0.1) is 23.7 Å². The number of unbranched alkanes of at least 4 members (excludes halogenated alkanes) is 2. The van der Waals surface area contributed by atoms with E-state index in [1.807, 2.05) is 4.90 Å². The van der Waals surface area contributed by atoms with Crippen LogP contribution in [0.2, 0.25) is 0 Å². The highest BCUT2D eigenvalue weighted by molar-refractivity contribution is 6.06. The Morgan fingerprint density at radius 2 is 1.56 bits per heavy atom. The van der Waals surface area contributed by atoms with Gasteiger partial charge in [-0.3, -0.25) is 19.3 Å². The molecule has 3 aliphatic rings. The van der Waals surface area contributed by atoms with Gasteiger partial charge in [-0.25, -0.2) is 0 Å². The van der Waals surface area contributed by atoms with E-state index in [2.05, 4.69) is 26.0 Å². The second kappa shape index (κ2) is 7.71. The predicted molar refractivity (Wildman–Crippen MR) is 95.5 cm³/mol. The Kier molecular flexibility index (Phi) is 5.60. The van der Waals surface area contributed by atoms with E-state index in [-0.39, 0.29) is 54.4 Å². The molecule has 25 heavy (non-hydrogen) atoms. The zero-order chi connectivity index (χ0) is 18.0. The Bertz CT molecular complexity index is 533. The van der Waals surface area contributed by atoms with E-state index in [4.69, 9.17) is 0 Å². The molecule has 3 rings (SSSR count). The summed E-state index contributed by atoms with van der Waals surface area (Å²) in [4.78, 5) is 41.2. The van der Waals surface area contributed by atoms with Crippen molar-refractivity contribution in [2.45, 2.75) is 52.4 Å². The highest BCUT2D eigenvalue weighted by atomic mass is 16.2. The molecule has 3 amide bonds. The monoisotopic (exact) mass is 346 g/mol. The van der Waals surface area contributed by atoms with E-state index in [1.54, 1.807) is 0 Å². The molecule has 0 radical (unpaired) electrons. The van der Waals surface area contributed by atoms with Gasteiger partial charge in [-0.1, -0.05) is 38.8 Å². The Labute approximate surface area is 150 Å². The molecule has 1 aliphatic heterocycles. The number of hydrogen-bond acceptors (Lipinski definition) is 3. The van der Waals surface area contributed by atoms with Gasteiger partial charge in [0.1, 0.15) is 0 Å². The number of fused-ring (bicyclic) bond motifs is 5. The normalized spacial score (nSPS) is 29.6. The van der Waals surface area contributed by atoms with Crippen LogP contribution in [0.1, 0.15) is 52.4 Å². The second-order valence-corrected chi connectivity index (χ2v) is 7.67. The first-order valence-corrected chi connectivity index (χ1v) is 9.89. The molecule has 5 heteroatoms. The molecule has 2 aliphatic carbocycles. The van der Waals surface area contributed by atoms with Crippen molar-refractivity contribution in [2.75, 3.05) is 19.6 Å². The van der Waals surface area contributed by atoms with Crippen molar-refractivity contribution in [1.82, 2.24) is 9.80 Å². The van der Waals surface area contributed by atoms with E-state index >= 15 is 0 Å². The number of carbonyl (C=O) groups is 3. The molecule has 1 saturated carbocycles. The third-order valence-corrected chi connectivity index (χ3v) is 6.03. The minimum atomic E-state index is -0.158. The van der Waals surface area contributed by atoms with E-state index in [0.29, 0.717) is 0 Å². The lowest BCUT2D eigenvalue weighted by molar-refractivity contribution is -0.141. The number of amides is 3. The van der Waals surface area contributed by atoms with Gasteiger partial charge in [0.15, 0.2) is 0 Å². The van der Waals surface area contributed by atoms with Crippen molar-refractivity contribution in [2.24, 2.45) is 23.7 Å². The Morgan fingerprint density at radius 1 is 1.04 bits per heavy atom. The Balaban J connectivity index is 1.56. The largest absolute Gasteiger partial charge is 0.343 e. The molecular formula is C20H30N2O3. The summed E-state index contributed by atoms with van der Waals surface area (Å²) in [6.07, 6.45) is 9.50. The lowest BCUT2D eigenvalue weighted by Crippen LogP contribution is -2.39. The van der Waals surface area contributed by atoms with Crippen molar-refractivity contribution in [3.63, 3.8) is 0 Å². The molecule has 1 heterocycles. The first-order chi connectivity index (χ1) is 12.1. The smallest absolute Gasteiger partial charge is 0.233 e. The molecule has 1 saturated heterocycles. The fourth-order valence-electron chi connectivity index (χ4n) is 4.61. The van der Waals surface area contributed by atoms with Gasteiger partial charge >= 0.3 is 0 Å². The summed E-state index contributed by atoms with van der Waals surface area (Å²) >= 11 is 0. The maximum atomic E-state index is 12.7. The summed E-state index contributed by atoms with van der Waals surface area (Å²) in [6, 6.07) is 0. The molecule has 0 aromatic carbocycles. The van der Waals surface area contributed by atoms with Crippen LogP contribution in [0.15, 0.2) is 12.2 Å². The molecule has 5 nitrogen and oxygen atoms in total. The molecule has 0 aromatic rings. The van der Waals surface area contributed by atoms with Crippen LogP contribution in [0.3, 0.4) is 0 Å². The number of allylic oxidation sites excluding steroid dienone is 2. The molecule has 4 atom stereocenters. The van der Waals surface area contributed by atoms with Crippen molar-refractivity contribution < 1.29 is 14.4 Å². The number of imide groups is 1. The van der Waals surface area contributed by atoms with Gasteiger partial charge in [-0.2, -0.15) is 0 Å². The lowest BCUT2D eigenvalue weighted by atomic mass is 9.85. The standard InChI is InChI=1S/C20H30N2O3/c1-3-5-10-21(11-6-4-2)16(23)9-12-22-19(24)17-14-7-8-15(13-14)18(17)20(22)25/h7-8,14-15,17-18H,3-6,9-13H2,1-2H3/t14-,15+,17-,18-/m0/s1. The summed E-state index contributed by atoms with van der Waals surface area (Å²) in [5.74, 6) is 0.126. The van der Waals surface area contributed by atoms with Crippen molar-refractivity contribution in [1.29, 1.82) is 0 Å². The number of carbonyl (C=O) groups excluding carboxylic acids is 3. The van der Waals surface area contributed by atoms with Gasteiger partial charge in [0.05, 0.1) is 11.8 Å². The van der Waals surface area contributed by atoms with Crippen LogP contribution in [0.25, 0.3) is 0 Å². The van der Waals surface area contributed by atoms with E-state index in [9.17, 15) is 14.4 Å². The first-order valence-electron chi connectivity index (χ1n) is 9.89. The average Bonchev–Trinajstić information content (AvgIpc) is 3.28. The van der Waals surface area contributed by atoms with E-state index in [0.717, 1.165) is 45.2 Å². The first kappa shape index (κ1) is 18.2. The summed E-state index contributed by atoms with van der Waals surface area (Å²) < 4.78 is 0. The van der Waals surface area contributed by atoms with Crippen LogP contribution in [0.4, 0.5) is 0 Å². The summed E-state index contributed by atoms with van der Waals surface area (Å²) in [5.41, 5.74) is 0. The van der Waals surface area contributed by atoms with Gasteiger partial charge in [0.2, 0.25) is 17.7 Å². The molecule has 2 fully saturated rings. The van der Waals surface area contributed by atoms with Crippen LogP contribution in [0.5, 0.6) is 0 Å². The molecular weight excluding hydrogens is 316 g/mol. The van der Waals surface area contributed by atoms with Crippen LogP contribution in [-0.2, 0) is 14.4 Å². The zero-order valence-electron chi connectivity index (χ0n) is 15.4. The molecule has 2 bridgehead atoms. The number of likely N-dealkylation sites (tertiary alicyclic amines) is 1. The van der Waals surface area contributed by atoms with Gasteiger partial charge in [0.25, 0.3) is 0 Å². The quantitative estimate of drug-likeness (QED) is 0.476. The van der Waals surface area contributed by atoms with Crippen molar-refractivity contribution in [3.8, 4) is 0 Å². The van der Waals surface area contributed by atoms with Gasteiger partial charge in [-0.05, 0) is 31.1 Å². The van der Waals surface area contributed by atoms with Crippen molar-refractivity contribution >= 4 is 17.7 Å². The zero-order valence-corrected chi connectivity index (χ0v) is 15.4. The van der Waals surface area contributed by atoms with Crippen LogP contribution >= 0.6 is 0 Å². The predicted octanol–water partition coefficient (Wildman–Crippen LogP) is 2.61. The highest BCUT2D eigenvalue weighted by Crippen LogP contribution is 2.52. The Hall–Kier alpha value is -1.65. The minimum Gasteiger partial charge on any atom is -0.343 e. The molecule has 0 spiro atoms. The third-order valence-electron chi connectivity index (χ3n) is 6.03. The fraction of sp³-hybridized carbons (Fsp3) is 0.750. The topological polar surface area (TPSA) is 57.7 Å². The number of hydrogen-bond donors (Lipinski definition) is 0. The second-order valence-electron chi connectivity index (χ2n) is 7.67. The van der Waals surface area contributed by atoms with Crippen molar-refractivity contribution in [3.05, 3.63) is 12.2 Å².